The summed E-state index contributed by atoms with van der Waals surface area (Å²) in [6.07, 6.45) is 1.63. The van der Waals surface area contributed by atoms with Crippen molar-refractivity contribution in [1.82, 2.24) is 4.98 Å². The molecule has 2 nitrogen and oxygen atoms in total. The van der Waals surface area contributed by atoms with Gasteiger partial charge in [-0.1, -0.05) is 54.1 Å². The predicted molar refractivity (Wildman–Crippen MR) is 77.5 cm³/mol. The van der Waals surface area contributed by atoms with Gasteiger partial charge in [0.05, 0.1) is 6.20 Å². The first-order valence-corrected chi connectivity index (χ1v) is 6.42. The largest absolute Gasteiger partial charge is 0.487 e. The van der Waals surface area contributed by atoms with Crippen LogP contribution < -0.4 is 4.74 Å². The number of aromatic nitrogens is 1. The third-order valence-corrected chi connectivity index (χ3v) is 3.20. The van der Waals surface area contributed by atoms with E-state index in [1.54, 1.807) is 12.3 Å². The van der Waals surface area contributed by atoms with Crippen LogP contribution in [0.2, 0.25) is 5.15 Å². The molecule has 3 heteroatoms. The summed E-state index contributed by atoms with van der Waals surface area (Å²) in [6, 6.07) is 18.0. The molecule has 0 atom stereocenters. The smallest absolute Gasteiger partial charge is 0.138 e. The fraction of sp³-hybridized carbons (Fsp3) is 0.0625. The van der Waals surface area contributed by atoms with E-state index < -0.39 is 0 Å². The topological polar surface area (TPSA) is 22.1 Å². The number of pyridine rings is 1. The first-order chi connectivity index (χ1) is 9.33. The summed E-state index contributed by atoms with van der Waals surface area (Å²) in [5, 5.41) is 2.90. The number of hydrogen-bond acceptors (Lipinski definition) is 2. The summed E-state index contributed by atoms with van der Waals surface area (Å²) in [5.41, 5.74) is 1.16. The molecule has 1 heterocycles. The molecule has 0 saturated heterocycles. The normalized spacial score (nSPS) is 10.6. The van der Waals surface area contributed by atoms with Crippen LogP contribution in [0.25, 0.3) is 10.8 Å². The molecule has 0 spiro atoms. The number of fused-ring (bicyclic) bond motifs is 1. The summed E-state index contributed by atoms with van der Waals surface area (Å²) in [6.45, 7) is 0.519. The van der Waals surface area contributed by atoms with Crippen LogP contribution in [0.15, 0.2) is 60.8 Å². The Kier molecular flexibility index (Phi) is 3.34. The third-order valence-electron chi connectivity index (χ3n) is 2.97. The van der Waals surface area contributed by atoms with Crippen LogP contribution in [0, 0.1) is 0 Å². The fourth-order valence-electron chi connectivity index (χ4n) is 2.03. The van der Waals surface area contributed by atoms with Crippen LogP contribution in [0.3, 0.4) is 0 Å². The van der Waals surface area contributed by atoms with E-state index in [0.717, 1.165) is 11.3 Å². The zero-order valence-electron chi connectivity index (χ0n) is 10.2. The van der Waals surface area contributed by atoms with Gasteiger partial charge in [0.2, 0.25) is 0 Å². The highest BCUT2D eigenvalue weighted by molar-refractivity contribution is 6.29. The van der Waals surface area contributed by atoms with Gasteiger partial charge in [0.25, 0.3) is 0 Å². The molecule has 1 aromatic heterocycles. The minimum Gasteiger partial charge on any atom is -0.487 e. The molecular formula is C16H12ClNO. The molecule has 0 fully saturated rings. The van der Waals surface area contributed by atoms with Crippen LogP contribution in [0.5, 0.6) is 5.75 Å². The number of halogens is 1. The number of ether oxygens (including phenoxy) is 1. The van der Waals surface area contributed by atoms with Crippen molar-refractivity contribution in [2.45, 2.75) is 6.61 Å². The average Bonchev–Trinajstić information content (AvgIpc) is 2.47. The molecule has 3 aromatic rings. The van der Waals surface area contributed by atoms with E-state index in [9.17, 15) is 0 Å². The van der Waals surface area contributed by atoms with Crippen molar-refractivity contribution in [3.63, 3.8) is 0 Å². The van der Waals surface area contributed by atoms with Gasteiger partial charge in [0.1, 0.15) is 17.5 Å². The molecule has 0 unspecified atom stereocenters. The van der Waals surface area contributed by atoms with E-state index >= 15 is 0 Å². The maximum absolute atomic E-state index is 5.74. The van der Waals surface area contributed by atoms with Crippen LogP contribution in [-0.2, 0) is 6.61 Å². The molecule has 2 aromatic carbocycles. The molecular weight excluding hydrogens is 258 g/mol. The SMILES string of the molecule is Clc1ccc(OCc2cccc3ccccc23)cn1. The van der Waals surface area contributed by atoms with Crippen LogP contribution in [0.1, 0.15) is 5.56 Å². The molecule has 0 radical (unpaired) electrons. The van der Waals surface area contributed by atoms with Gasteiger partial charge < -0.3 is 4.74 Å². The van der Waals surface area contributed by atoms with Gasteiger partial charge in [0, 0.05) is 0 Å². The van der Waals surface area contributed by atoms with E-state index in [4.69, 9.17) is 16.3 Å². The Morgan fingerprint density at radius 3 is 2.63 bits per heavy atom. The van der Waals surface area contributed by atoms with Gasteiger partial charge in [-0.3, -0.25) is 0 Å². The number of hydrogen-bond donors (Lipinski definition) is 0. The fourth-order valence-corrected chi connectivity index (χ4v) is 2.14. The third kappa shape index (κ3) is 2.69. The maximum Gasteiger partial charge on any atom is 0.138 e. The Balaban J connectivity index is 1.84. The van der Waals surface area contributed by atoms with E-state index in [1.807, 2.05) is 24.3 Å². The lowest BCUT2D eigenvalue weighted by Gasteiger charge is -2.08. The van der Waals surface area contributed by atoms with E-state index in [2.05, 4.69) is 29.2 Å². The molecule has 94 valence electrons. The van der Waals surface area contributed by atoms with E-state index in [0.29, 0.717) is 11.8 Å². The second kappa shape index (κ2) is 5.29. The predicted octanol–water partition coefficient (Wildman–Crippen LogP) is 4.47. The molecule has 0 aliphatic carbocycles. The molecule has 19 heavy (non-hydrogen) atoms. The Labute approximate surface area is 116 Å². The van der Waals surface area contributed by atoms with Gasteiger partial charge >= 0.3 is 0 Å². The Bertz CT molecular complexity index is 689. The van der Waals surface area contributed by atoms with Crippen LogP contribution in [-0.4, -0.2) is 4.98 Å². The minimum absolute atomic E-state index is 0.470. The Hall–Kier alpha value is -2.06. The van der Waals surface area contributed by atoms with E-state index in [-0.39, 0.29) is 0 Å². The standard InChI is InChI=1S/C16H12ClNO/c17-16-9-8-14(10-18-16)19-11-13-6-3-5-12-4-1-2-7-15(12)13/h1-10H,11H2. The van der Waals surface area contributed by atoms with Gasteiger partial charge in [-0.15, -0.1) is 0 Å². The molecule has 0 amide bonds. The van der Waals surface area contributed by atoms with Crippen molar-refractivity contribution in [3.05, 3.63) is 71.5 Å². The molecule has 0 N–H and O–H groups in total. The van der Waals surface area contributed by atoms with Gasteiger partial charge in [-0.05, 0) is 28.5 Å². The summed E-state index contributed by atoms with van der Waals surface area (Å²) in [4.78, 5) is 3.99. The highest BCUT2D eigenvalue weighted by atomic mass is 35.5. The lowest BCUT2D eigenvalue weighted by molar-refractivity contribution is 0.306. The number of nitrogens with zero attached hydrogens (tertiary/aromatic N) is 1. The Morgan fingerprint density at radius 1 is 0.947 bits per heavy atom. The maximum atomic E-state index is 5.74. The van der Waals surface area contributed by atoms with Crippen molar-refractivity contribution >= 4 is 22.4 Å². The zero-order chi connectivity index (χ0) is 13.1. The number of benzene rings is 2. The molecule has 0 aliphatic rings. The van der Waals surface area contributed by atoms with Gasteiger partial charge in [0.15, 0.2) is 0 Å². The average molecular weight is 270 g/mol. The molecule has 0 saturated carbocycles. The lowest BCUT2D eigenvalue weighted by atomic mass is 10.1. The van der Waals surface area contributed by atoms with Crippen LogP contribution in [0.4, 0.5) is 0 Å². The van der Waals surface area contributed by atoms with Gasteiger partial charge in [-0.2, -0.15) is 0 Å². The highest BCUT2D eigenvalue weighted by Crippen LogP contribution is 2.20. The quantitative estimate of drug-likeness (QED) is 0.655. The van der Waals surface area contributed by atoms with Crippen LogP contribution >= 0.6 is 11.6 Å². The Morgan fingerprint density at radius 2 is 1.79 bits per heavy atom. The lowest BCUT2D eigenvalue weighted by Crippen LogP contribution is -1.96. The minimum atomic E-state index is 0.470. The van der Waals surface area contributed by atoms with Crippen molar-refractivity contribution in [2.24, 2.45) is 0 Å². The first kappa shape index (κ1) is 12.0. The molecule has 0 bridgehead atoms. The van der Waals surface area contributed by atoms with Gasteiger partial charge in [-0.25, -0.2) is 4.98 Å². The van der Waals surface area contributed by atoms with Crippen molar-refractivity contribution in [1.29, 1.82) is 0 Å². The second-order valence-electron chi connectivity index (χ2n) is 4.24. The highest BCUT2D eigenvalue weighted by Gasteiger charge is 2.01. The summed E-state index contributed by atoms with van der Waals surface area (Å²) < 4.78 is 5.73. The second-order valence-corrected chi connectivity index (χ2v) is 4.63. The van der Waals surface area contributed by atoms with E-state index in [1.165, 1.54) is 10.8 Å². The first-order valence-electron chi connectivity index (χ1n) is 6.04. The summed E-state index contributed by atoms with van der Waals surface area (Å²) >= 11 is 5.74. The molecule has 0 aliphatic heterocycles. The monoisotopic (exact) mass is 269 g/mol. The van der Waals surface area contributed by atoms with Crippen molar-refractivity contribution in [3.8, 4) is 5.75 Å². The number of rotatable bonds is 3. The zero-order valence-corrected chi connectivity index (χ0v) is 11.0. The summed E-state index contributed by atoms with van der Waals surface area (Å²) in [5.74, 6) is 0.720. The van der Waals surface area contributed by atoms with Crippen molar-refractivity contribution < 1.29 is 4.74 Å². The van der Waals surface area contributed by atoms with Crippen molar-refractivity contribution in [2.75, 3.05) is 0 Å². The summed E-state index contributed by atoms with van der Waals surface area (Å²) in [7, 11) is 0. The molecule has 3 rings (SSSR count).